The van der Waals surface area contributed by atoms with Gasteiger partial charge in [0.1, 0.15) is 0 Å². The van der Waals surface area contributed by atoms with Crippen molar-refractivity contribution in [1.82, 2.24) is 0 Å². The fraction of sp³-hybridized carbons (Fsp3) is 1.00. The Morgan fingerprint density at radius 2 is 1.80 bits per heavy atom. The molecule has 2 bridgehead atoms. The molecule has 2 aliphatic rings. The van der Waals surface area contributed by atoms with E-state index in [1.807, 2.05) is 0 Å². The van der Waals surface area contributed by atoms with Gasteiger partial charge >= 0.3 is 0 Å². The zero-order valence-corrected chi connectivity index (χ0v) is 7.02. The van der Waals surface area contributed by atoms with Crippen LogP contribution in [0.2, 0.25) is 0 Å². The predicted octanol–water partition coefficient (Wildman–Crippen LogP) is 1.60. The Morgan fingerprint density at radius 3 is 2.20 bits per heavy atom. The molecule has 0 spiro atoms. The van der Waals surface area contributed by atoms with E-state index in [1.54, 1.807) is 0 Å². The molecule has 2 rings (SSSR count). The summed E-state index contributed by atoms with van der Waals surface area (Å²) in [5.74, 6) is 0.748. The van der Waals surface area contributed by atoms with Crippen LogP contribution in [0.1, 0.15) is 12.8 Å². The van der Waals surface area contributed by atoms with E-state index < -0.39 is 0 Å². The molecule has 3 heteroatoms. The van der Waals surface area contributed by atoms with E-state index in [1.165, 1.54) is 0 Å². The Hall–Kier alpha value is 0.540. The van der Waals surface area contributed by atoms with Gasteiger partial charge in [0.2, 0.25) is 0 Å². The summed E-state index contributed by atoms with van der Waals surface area (Å²) >= 11 is 11.9. The standard InChI is InChI=1S/C7H10Cl2O/c8-6-3-1-4(7(6)9)5(10)2-3/h3-7,10H,1-2H2/t3-,4+,5-,6+,7-/m0/s1. The van der Waals surface area contributed by atoms with Crippen LogP contribution in [-0.4, -0.2) is 22.0 Å². The lowest BCUT2D eigenvalue weighted by Gasteiger charge is -2.24. The second-order valence-corrected chi connectivity index (χ2v) is 4.36. The Morgan fingerprint density at radius 1 is 1.10 bits per heavy atom. The molecule has 0 aliphatic heterocycles. The topological polar surface area (TPSA) is 20.2 Å². The van der Waals surface area contributed by atoms with Crippen LogP contribution in [0.4, 0.5) is 0 Å². The summed E-state index contributed by atoms with van der Waals surface area (Å²) in [4.78, 5) is 0. The quantitative estimate of drug-likeness (QED) is 0.562. The van der Waals surface area contributed by atoms with E-state index in [-0.39, 0.29) is 22.8 Å². The van der Waals surface area contributed by atoms with Crippen LogP contribution in [0.15, 0.2) is 0 Å². The van der Waals surface area contributed by atoms with Crippen LogP contribution < -0.4 is 0 Å². The van der Waals surface area contributed by atoms with Crippen LogP contribution in [0, 0.1) is 11.8 Å². The number of alkyl halides is 2. The average Bonchev–Trinajstić information content (AvgIpc) is 2.36. The first kappa shape index (κ1) is 7.20. The minimum atomic E-state index is -0.178. The molecule has 2 saturated carbocycles. The van der Waals surface area contributed by atoms with Crippen molar-refractivity contribution in [3.05, 3.63) is 0 Å². The summed E-state index contributed by atoms with van der Waals surface area (Å²) in [5, 5.41) is 9.48. The molecule has 10 heavy (non-hydrogen) atoms. The number of fused-ring (bicyclic) bond motifs is 2. The van der Waals surface area contributed by atoms with Crippen molar-refractivity contribution in [2.75, 3.05) is 0 Å². The van der Waals surface area contributed by atoms with E-state index in [9.17, 15) is 5.11 Å². The van der Waals surface area contributed by atoms with E-state index >= 15 is 0 Å². The molecule has 0 aromatic carbocycles. The van der Waals surface area contributed by atoms with Gasteiger partial charge in [-0.25, -0.2) is 0 Å². The number of rotatable bonds is 0. The van der Waals surface area contributed by atoms with Crippen molar-refractivity contribution < 1.29 is 5.11 Å². The maximum atomic E-state index is 9.36. The van der Waals surface area contributed by atoms with Crippen molar-refractivity contribution in [1.29, 1.82) is 0 Å². The maximum Gasteiger partial charge on any atom is 0.0586 e. The second kappa shape index (κ2) is 2.26. The van der Waals surface area contributed by atoms with Gasteiger partial charge < -0.3 is 5.11 Å². The van der Waals surface area contributed by atoms with Crippen molar-refractivity contribution in [3.8, 4) is 0 Å². The first-order valence-corrected chi connectivity index (χ1v) is 4.53. The first-order valence-electron chi connectivity index (χ1n) is 3.66. The molecule has 0 saturated heterocycles. The molecule has 0 aromatic heterocycles. The molecule has 1 nitrogen and oxygen atoms in total. The third-order valence-electron chi connectivity index (χ3n) is 2.78. The van der Waals surface area contributed by atoms with Crippen LogP contribution in [-0.2, 0) is 0 Å². The van der Waals surface area contributed by atoms with E-state index in [0.29, 0.717) is 5.92 Å². The molecule has 0 heterocycles. The van der Waals surface area contributed by atoms with Gasteiger partial charge in [-0.2, -0.15) is 0 Å². The van der Waals surface area contributed by atoms with Gasteiger partial charge in [-0.3, -0.25) is 0 Å². The van der Waals surface area contributed by atoms with Crippen molar-refractivity contribution in [2.24, 2.45) is 11.8 Å². The lowest BCUT2D eigenvalue weighted by atomic mass is 9.97. The minimum absolute atomic E-state index is 0.00965. The maximum absolute atomic E-state index is 9.36. The van der Waals surface area contributed by atoms with Gasteiger partial charge in [-0.1, -0.05) is 0 Å². The molecule has 1 N–H and O–H groups in total. The minimum Gasteiger partial charge on any atom is -0.393 e. The fourth-order valence-electron chi connectivity index (χ4n) is 2.19. The molecule has 0 amide bonds. The van der Waals surface area contributed by atoms with E-state index in [2.05, 4.69) is 0 Å². The summed E-state index contributed by atoms with van der Waals surface area (Å²) < 4.78 is 0. The number of aliphatic hydroxyl groups excluding tert-OH is 1. The number of halogens is 2. The first-order chi connectivity index (χ1) is 4.70. The number of hydrogen-bond donors (Lipinski definition) is 1. The van der Waals surface area contributed by atoms with Crippen LogP contribution in [0.3, 0.4) is 0 Å². The predicted molar refractivity (Wildman–Crippen MR) is 41.5 cm³/mol. The third-order valence-corrected chi connectivity index (χ3v) is 4.13. The van der Waals surface area contributed by atoms with Crippen LogP contribution in [0.25, 0.3) is 0 Å². The lowest BCUT2D eigenvalue weighted by Crippen LogP contribution is -2.32. The molecule has 5 atom stereocenters. The molecule has 0 radical (unpaired) electrons. The number of aliphatic hydroxyl groups is 1. The lowest BCUT2D eigenvalue weighted by molar-refractivity contribution is 0.117. The highest BCUT2D eigenvalue weighted by Gasteiger charge is 2.50. The van der Waals surface area contributed by atoms with Gasteiger partial charge in [0.15, 0.2) is 0 Å². The Labute approximate surface area is 70.3 Å². The largest absolute Gasteiger partial charge is 0.393 e. The van der Waals surface area contributed by atoms with Gasteiger partial charge in [0.25, 0.3) is 0 Å². The Bertz CT molecular complexity index is 149. The van der Waals surface area contributed by atoms with Gasteiger partial charge in [-0.05, 0) is 18.8 Å². The molecule has 0 unspecified atom stereocenters. The fourth-order valence-corrected chi connectivity index (χ4v) is 3.06. The summed E-state index contributed by atoms with van der Waals surface area (Å²) in [5.41, 5.74) is 0. The third kappa shape index (κ3) is 0.806. The van der Waals surface area contributed by atoms with Crippen molar-refractivity contribution in [3.63, 3.8) is 0 Å². The molecular weight excluding hydrogens is 171 g/mol. The number of hydrogen-bond acceptors (Lipinski definition) is 1. The summed E-state index contributed by atoms with van der Waals surface area (Å²) in [6.45, 7) is 0. The summed E-state index contributed by atoms with van der Waals surface area (Å²) in [7, 11) is 0. The zero-order chi connectivity index (χ0) is 7.30. The SMILES string of the molecule is O[C@H]1C[C@@H]2C[C@H]1[C@H](Cl)[C@@H]2Cl. The molecular formula is C7H10Cl2O. The molecule has 2 fully saturated rings. The van der Waals surface area contributed by atoms with Crippen LogP contribution >= 0.6 is 23.2 Å². The zero-order valence-electron chi connectivity index (χ0n) is 5.50. The van der Waals surface area contributed by atoms with Crippen LogP contribution in [0.5, 0.6) is 0 Å². The average molecular weight is 181 g/mol. The normalized spacial score (nSPS) is 59.7. The second-order valence-electron chi connectivity index (χ2n) is 3.35. The summed E-state index contributed by atoms with van der Waals surface area (Å²) in [6.07, 6.45) is 1.72. The smallest absolute Gasteiger partial charge is 0.0586 e. The van der Waals surface area contributed by atoms with E-state index in [4.69, 9.17) is 23.2 Å². The Kier molecular flexibility index (Phi) is 1.63. The molecule has 58 valence electrons. The van der Waals surface area contributed by atoms with Crippen molar-refractivity contribution in [2.45, 2.75) is 29.7 Å². The molecule has 0 aromatic rings. The van der Waals surface area contributed by atoms with Gasteiger partial charge in [-0.15, -0.1) is 23.2 Å². The highest BCUT2D eigenvalue weighted by Crippen LogP contribution is 2.49. The van der Waals surface area contributed by atoms with Gasteiger partial charge in [0.05, 0.1) is 16.9 Å². The molecule has 2 aliphatic carbocycles. The summed E-state index contributed by atoms with van der Waals surface area (Å²) in [6, 6.07) is 0. The highest BCUT2D eigenvalue weighted by atomic mass is 35.5. The van der Waals surface area contributed by atoms with E-state index in [0.717, 1.165) is 12.8 Å². The highest BCUT2D eigenvalue weighted by molar-refractivity contribution is 6.30. The van der Waals surface area contributed by atoms with Crippen molar-refractivity contribution >= 4 is 23.2 Å². The Balaban J connectivity index is 2.16. The monoisotopic (exact) mass is 180 g/mol. The van der Waals surface area contributed by atoms with Gasteiger partial charge in [0, 0.05) is 5.92 Å².